The molecule has 0 heterocycles. The van der Waals surface area contributed by atoms with Gasteiger partial charge >= 0.3 is 0 Å². The second-order valence-corrected chi connectivity index (χ2v) is 4.36. The van der Waals surface area contributed by atoms with Gasteiger partial charge in [0.25, 0.3) is 0 Å². The lowest BCUT2D eigenvalue weighted by molar-refractivity contribution is 1.36. The molecule has 0 nitrogen and oxygen atoms in total. The van der Waals surface area contributed by atoms with Gasteiger partial charge in [-0.05, 0) is 64.7 Å². The minimum atomic E-state index is 1.21. The summed E-state index contributed by atoms with van der Waals surface area (Å²) in [4.78, 5) is 0. The number of fused-ring (bicyclic) bond motifs is 2. The Morgan fingerprint density at radius 3 is 2.25 bits per heavy atom. The van der Waals surface area contributed by atoms with Crippen LogP contribution < -0.4 is 0 Å². The predicted molar refractivity (Wildman–Crippen MR) is 69.8 cm³/mol. The molecule has 0 fully saturated rings. The number of aryl methyl sites for hydroxylation is 2. The molecule has 1 radical (unpaired) electrons. The Kier molecular flexibility index (Phi) is 1.97. The minimum Gasteiger partial charge on any atom is -0.0616 e. The zero-order valence-electron chi connectivity index (χ0n) is 9.54. The van der Waals surface area contributed by atoms with E-state index in [1.165, 1.54) is 32.7 Å². The summed E-state index contributed by atoms with van der Waals surface area (Å²) in [6, 6.07) is 18.6. The van der Waals surface area contributed by atoms with E-state index in [1.807, 2.05) is 0 Å². The lowest BCUT2D eigenvalue weighted by Gasteiger charge is -2.05. The van der Waals surface area contributed by atoms with Crippen molar-refractivity contribution in [1.82, 2.24) is 0 Å². The smallest absolute Gasteiger partial charge is 0.00642 e. The number of hydrogen-bond donors (Lipinski definition) is 0. The van der Waals surface area contributed by atoms with Crippen LogP contribution in [0.2, 0.25) is 0 Å². The summed E-state index contributed by atoms with van der Waals surface area (Å²) in [5.41, 5.74) is 2.55. The van der Waals surface area contributed by atoms with Crippen LogP contribution in [-0.4, -0.2) is 0 Å². The Labute approximate surface area is 95.5 Å². The zero-order chi connectivity index (χ0) is 11.1. The van der Waals surface area contributed by atoms with E-state index in [1.54, 1.807) is 0 Å². The third-order valence-corrected chi connectivity index (χ3v) is 3.20. The van der Waals surface area contributed by atoms with Gasteiger partial charge in [-0.25, -0.2) is 0 Å². The Morgan fingerprint density at radius 1 is 0.812 bits per heavy atom. The molecule has 3 aromatic rings. The first kappa shape index (κ1) is 9.41. The van der Waals surface area contributed by atoms with Crippen molar-refractivity contribution in [3.8, 4) is 0 Å². The second kappa shape index (κ2) is 3.34. The van der Waals surface area contributed by atoms with Crippen molar-refractivity contribution < 1.29 is 0 Å². The summed E-state index contributed by atoms with van der Waals surface area (Å²) in [6.45, 7) is 4.25. The molecule has 0 aliphatic carbocycles. The molecule has 0 amide bonds. The molecular weight excluding hydrogens is 192 g/mol. The van der Waals surface area contributed by atoms with Crippen LogP contribution in [0.1, 0.15) is 11.1 Å². The Bertz CT molecular complexity index is 618. The molecule has 16 heavy (non-hydrogen) atoms. The normalized spacial score (nSPS) is 11.1. The summed E-state index contributed by atoms with van der Waals surface area (Å²) in [7, 11) is 0. The van der Waals surface area contributed by atoms with Gasteiger partial charge in [0.15, 0.2) is 0 Å². The molecule has 0 spiro atoms. The van der Waals surface area contributed by atoms with E-state index in [4.69, 9.17) is 0 Å². The highest BCUT2D eigenvalue weighted by Crippen LogP contribution is 2.24. The SMILES string of the molecule is Cc1[c]c2cc3ccccc3cc2cc1C. The van der Waals surface area contributed by atoms with Gasteiger partial charge in [-0.2, -0.15) is 0 Å². The molecule has 77 valence electrons. The first-order valence-corrected chi connectivity index (χ1v) is 5.56. The summed E-state index contributed by atoms with van der Waals surface area (Å²) in [6.07, 6.45) is 0. The molecule has 0 aliphatic heterocycles. The Morgan fingerprint density at radius 2 is 1.50 bits per heavy atom. The number of rotatable bonds is 0. The number of benzene rings is 3. The van der Waals surface area contributed by atoms with Crippen molar-refractivity contribution in [3.63, 3.8) is 0 Å². The fraction of sp³-hybridized carbons (Fsp3) is 0.125. The molecule has 0 atom stereocenters. The Balaban J connectivity index is 2.46. The van der Waals surface area contributed by atoms with E-state index in [2.05, 4.69) is 62.4 Å². The van der Waals surface area contributed by atoms with E-state index in [0.717, 1.165) is 0 Å². The monoisotopic (exact) mass is 205 g/mol. The molecule has 0 unspecified atom stereocenters. The highest BCUT2D eigenvalue weighted by molar-refractivity contribution is 5.98. The summed E-state index contributed by atoms with van der Waals surface area (Å²) >= 11 is 0. The van der Waals surface area contributed by atoms with Crippen LogP contribution in [0.25, 0.3) is 21.5 Å². The van der Waals surface area contributed by atoms with Crippen LogP contribution >= 0.6 is 0 Å². The van der Waals surface area contributed by atoms with Crippen LogP contribution in [0, 0.1) is 19.9 Å². The van der Waals surface area contributed by atoms with Gasteiger partial charge < -0.3 is 0 Å². The Hall–Kier alpha value is -1.82. The summed E-state index contributed by atoms with van der Waals surface area (Å²) in [5.74, 6) is 0. The van der Waals surface area contributed by atoms with Gasteiger partial charge in [-0.3, -0.25) is 0 Å². The van der Waals surface area contributed by atoms with Crippen molar-refractivity contribution in [2.24, 2.45) is 0 Å². The van der Waals surface area contributed by atoms with Crippen LogP contribution in [0.5, 0.6) is 0 Å². The van der Waals surface area contributed by atoms with Gasteiger partial charge in [0.2, 0.25) is 0 Å². The van der Waals surface area contributed by atoms with Gasteiger partial charge in [0, 0.05) is 0 Å². The van der Waals surface area contributed by atoms with E-state index >= 15 is 0 Å². The maximum absolute atomic E-state index is 3.45. The van der Waals surface area contributed by atoms with Crippen LogP contribution in [0.3, 0.4) is 0 Å². The molecule has 0 aliphatic rings. The highest BCUT2D eigenvalue weighted by atomic mass is 14.0. The van der Waals surface area contributed by atoms with Crippen LogP contribution in [0.4, 0.5) is 0 Å². The van der Waals surface area contributed by atoms with Crippen molar-refractivity contribution >= 4 is 21.5 Å². The predicted octanol–water partition coefficient (Wildman–Crippen LogP) is 4.41. The molecule has 0 heteroatoms. The summed E-state index contributed by atoms with van der Waals surface area (Å²) in [5, 5.41) is 5.07. The van der Waals surface area contributed by atoms with E-state index in [-0.39, 0.29) is 0 Å². The van der Waals surface area contributed by atoms with Crippen molar-refractivity contribution in [1.29, 1.82) is 0 Å². The molecule has 0 N–H and O–H groups in total. The number of hydrogen-bond acceptors (Lipinski definition) is 0. The lowest BCUT2D eigenvalue weighted by Crippen LogP contribution is -1.83. The fourth-order valence-corrected chi connectivity index (χ4v) is 2.13. The average Bonchev–Trinajstić information content (AvgIpc) is 2.28. The molecule has 3 rings (SSSR count). The molecule has 0 saturated carbocycles. The van der Waals surface area contributed by atoms with Crippen LogP contribution in [-0.2, 0) is 0 Å². The van der Waals surface area contributed by atoms with Crippen molar-refractivity contribution in [2.45, 2.75) is 13.8 Å². The van der Waals surface area contributed by atoms with E-state index in [9.17, 15) is 0 Å². The quantitative estimate of drug-likeness (QED) is 0.477. The third kappa shape index (κ3) is 1.38. The first-order chi connectivity index (χ1) is 7.74. The molecule has 0 aromatic heterocycles. The summed E-state index contributed by atoms with van der Waals surface area (Å²) < 4.78 is 0. The maximum atomic E-state index is 3.45. The topological polar surface area (TPSA) is 0 Å². The standard InChI is InChI=1S/C16H13/c1-11-7-15-9-13-5-3-4-6-14(13)10-16(15)8-12(11)2/h3-7,9-10H,1-2H3. The second-order valence-electron chi connectivity index (χ2n) is 4.36. The maximum Gasteiger partial charge on any atom is -0.00642 e. The van der Waals surface area contributed by atoms with Gasteiger partial charge in [0.1, 0.15) is 0 Å². The molecule has 0 bridgehead atoms. The van der Waals surface area contributed by atoms with Gasteiger partial charge in [-0.1, -0.05) is 30.3 Å². The van der Waals surface area contributed by atoms with Gasteiger partial charge in [0.05, 0.1) is 0 Å². The lowest BCUT2D eigenvalue weighted by atomic mass is 9.99. The van der Waals surface area contributed by atoms with Crippen LogP contribution in [0.15, 0.2) is 42.5 Å². The molecule has 3 aromatic carbocycles. The zero-order valence-corrected chi connectivity index (χ0v) is 9.54. The minimum absolute atomic E-state index is 1.21. The fourth-order valence-electron chi connectivity index (χ4n) is 2.13. The molecule has 0 saturated heterocycles. The third-order valence-electron chi connectivity index (χ3n) is 3.20. The van der Waals surface area contributed by atoms with Crippen molar-refractivity contribution in [3.05, 3.63) is 59.7 Å². The van der Waals surface area contributed by atoms with E-state index in [0.29, 0.717) is 0 Å². The largest absolute Gasteiger partial charge is 0.0616 e. The van der Waals surface area contributed by atoms with Crippen molar-refractivity contribution in [2.75, 3.05) is 0 Å². The van der Waals surface area contributed by atoms with E-state index < -0.39 is 0 Å². The average molecular weight is 205 g/mol. The van der Waals surface area contributed by atoms with Gasteiger partial charge in [-0.15, -0.1) is 0 Å². The first-order valence-electron chi connectivity index (χ1n) is 5.56. The molecular formula is C16H13. The highest BCUT2D eigenvalue weighted by Gasteiger charge is 2.00.